The molecule has 108 valence electrons. The molecule has 0 aromatic carbocycles. The van der Waals surface area contributed by atoms with Crippen LogP contribution >= 0.6 is 0 Å². The maximum atomic E-state index is 11.3. The highest BCUT2D eigenvalue weighted by Gasteiger charge is 2.25. The molecule has 1 unspecified atom stereocenters. The van der Waals surface area contributed by atoms with Gasteiger partial charge in [0.2, 0.25) is 0 Å². The maximum Gasteiger partial charge on any atom is 0.323 e. The smallest absolute Gasteiger partial charge is 0.323 e. The molecule has 0 saturated carbocycles. The van der Waals surface area contributed by atoms with Gasteiger partial charge in [0, 0.05) is 7.11 Å². The van der Waals surface area contributed by atoms with E-state index in [1.54, 1.807) is 7.11 Å². The van der Waals surface area contributed by atoms with Gasteiger partial charge in [-0.05, 0) is 37.8 Å². The second-order valence-electron chi connectivity index (χ2n) is 5.71. The average molecular weight is 259 g/mol. The van der Waals surface area contributed by atoms with Gasteiger partial charge in [-0.15, -0.1) is 0 Å². The lowest BCUT2D eigenvalue weighted by molar-refractivity contribution is -0.145. The van der Waals surface area contributed by atoms with Gasteiger partial charge in [0.25, 0.3) is 0 Å². The second-order valence-corrected chi connectivity index (χ2v) is 5.71. The highest BCUT2D eigenvalue weighted by molar-refractivity contribution is 5.73. The largest absolute Gasteiger partial charge is 0.480 e. The molecule has 0 saturated heterocycles. The van der Waals surface area contributed by atoms with Crippen LogP contribution in [0.5, 0.6) is 0 Å². The van der Waals surface area contributed by atoms with Crippen molar-refractivity contribution in [1.82, 2.24) is 4.90 Å². The van der Waals surface area contributed by atoms with Crippen LogP contribution in [0, 0.1) is 11.8 Å². The fourth-order valence-electron chi connectivity index (χ4n) is 1.76. The van der Waals surface area contributed by atoms with Crippen LogP contribution in [0.15, 0.2) is 0 Å². The van der Waals surface area contributed by atoms with E-state index in [4.69, 9.17) is 4.74 Å². The van der Waals surface area contributed by atoms with Gasteiger partial charge in [0.1, 0.15) is 6.04 Å². The van der Waals surface area contributed by atoms with E-state index in [1.165, 1.54) is 0 Å². The Morgan fingerprint density at radius 3 is 1.83 bits per heavy atom. The summed E-state index contributed by atoms with van der Waals surface area (Å²) >= 11 is 0. The summed E-state index contributed by atoms with van der Waals surface area (Å²) in [6.07, 6.45) is 2.04. The van der Waals surface area contributed by atoms with E-state index in [2.05, 4.69) is 27.7 Å². The molecule has 0 fully saturated rings. The number of nitrogens with zero attached hydrogens (tertiary/aromatic N) is 1. The van der Waals surface area contributed by atoms with Crippen LogP contribution in [-0.4, -0.2) is 48.8 Å². The number of aliphatic carboxylic acids is 1. The zero-order valence-corrected chi connectivity index (χ0v) is 12.5. The van der Waals surface area contributed by atoms with Gasteiger partial charge < -0.3 is 9.84 Å². The van der Waals surface area contributed by atoms with Crippen LogP contribution in [0.1, 0.15) is 40.5 Å². The Hall–Kier alpha value is -0.610. The van der Waals surface area contributed by atoms with Gasteiger partial charge in [0.05, 0.1) is 6.61 Å². The van der Waals surface area contributed by atoms with Crippen LogP contribution < -0.4 is 0 Å². The Bertz CT molecular complexity index is 217. The first-order valence-corrected chi connectivity index (χ1v) is 6.84. The molecule has 0 amide bonds. The van der Waals surface area contributed by atoms with Crippen molar-refractivity contribution in [2.45, 2.75) is 46.6 Å². The average Bonchev–Trinajstić information content (AvgIpc) is 2.26. The summed E-state index contributed by atoms with van der Waals surface area (Å²) < 4.78 is 5.04. The highest BCUT2D eigenvalue weighted by atomic mass is 16.5. The number of hydrogen-bond acceptors (Lipinski definition) is 3. The molecule has 1 N–H and O–H groups in total. The van der Waals surface area contributed by atoms with E-state index in [0.29, 0.717) is 11.8 Å². The minimum Gasteiger partial charge on any atom is -0.480 e. The molecule has 0 aliphatic heterocycles. The fourth-order valence-corrected chi connectivity index (χ4v) is 1.76. The van der Waals surface area contributed by atoms with Crippen molar-refractivity contribution in [2.24, 2.45) is 11.8 Å². The third-order valence-corrected chi connectivity index (χ3v) is 3.04. The molecule has 0 rings (SSSR count). The van der Waals surface area contributed by atoms with E-state index < -0.39 is 12.0 Å². The molecule has 0 spiro atoms. The first-order chi connectivity index (χ1) is 8.38. The van der Waals surface area contributed by atoms with Gasteiger partial charge >= 0.3 is 5.97 Å². The zero-order valence-electron chi connectivity index (χ0n) is 12.5. The number of carboxylic acid groups (broad SMARTS) is 1. The predicted octanol–water partition coefficient (Wildman–Crippen LogP) is 2.48. The van der Waals surface area contributed by atoms with E-state index in [-0.39, 0.29) is 6.61 Å². The molecule has 0 aliphatic carbocycles. The van der Waals surface area contributed by atoms with Gasteiger partial charge in [0.15, 0.2) is 0 Å². The minimum absolute atomic E-state index is 0.255. The molecular weight excluding hydrogens is 230 g/mol. The van der Waals surface area contributed by atoms with Crippen molar-refractivity contribution in [3.63, 3.8) is 0 Å². The molecular formula is C14H29NO3. The van der Waals surface area contributed by atoms with Crippen LogP contribution in [0.2, 0.25) is 0 Å². The normalized spacial score (nSPS) is 13.6. The van der Waals surface area contributed by atoms with Crippen molar-refractivity contribution in [1.29, 1.82) is 0 Å². The predicted molar refractivity (Wildman–Crippen MR) is 73.8 cm³/mol. The lowest BCUT2D eigenvalue weighted by Gasteiger charge is -2.29. The van der Waals surface area contributed by atoms with Gasteiger partial charge in [-0.25, -0.2) is 0 Å². The van der Waals surface area contributed by atoms with Crippen LogP contribution in [0.25, 0.3) is 0 Å². The summed E-state index contributed by atoms with van der Waals surface area (Å²) in [6.45, 7) is 10.5. The van der Waals surface area contributed by atoms with Crippen molar-refractivity contribution in [2.75, 3.05) is 26.8 Å². The van der Waals surface area contributed by atoms with Gasteiger partial charge in [-0.2, -0.15) is 0 Å². The van der Waals surface area contributed by atoms with Crippen molar-refractivity contribution in [3.05, 3.63) is 0 Å². The molecule has 4 nitrogen and oxygen atoms in total. The van der Waals surface area contributed by atoms with Gasteiger partial charge in [-0.1, -0.05) is 27.7 Å². The van der Waals surface area contributed by atoms with Crippen LogP contribution in [-0.2, 0) is 9.53 Å². The Balaban J connectivity index is 4.52. The Labute approximate surface area is 111 Å². The third kappa shape index (κ3) is 7.67. The van der Waals surface area contributed by atoms with E-state index in [9.17, 15) is 9.90 Å². The molecule has 18 heavy (non-hydrogen) atoms. The number of rotatable bonds is 10. The number of hydrogen-bond donors (Lipinski definition) is 1. The van der Waals surface area contributed by atoms with E-state index in [1.807, 2.05) is 4.90 Å². The topological polar surface area (TPSA) is 49.8 Å². The van der Waals surface area contributed by atoms with Crippen LogP contribution in [0.3, 0.4) is 0 Å². The summed E-state index contributed by atoms with van der Waals surface area (Å²) in [5.41, 5.74) is 0. The number of ether oxygens (including phenoxy) is 1. The highest BCUT2D eigenvalue weighted by Crippen LogP contribution is 2.10. The molecule has 0 aliphatic rings. The number of carboxylic acids is 1. The molecule has 1 atom stereocenters. The number of carbonyl (C=O) groups is 1. The summed E-state index contributed by atoms with van der Waals surface area (Å²) in [4.78, 5) is 13.3. The lowest BCUT2D eigenvalue weighted by atomic mass is 10.1. The SMILES string of the molecule is COCC(C(=O)O)N(CCC(C)C)CCC(C)C. The molecule has 0 aromatic heterocycles. The van der Waals surface area contributed by atoms with Gasteiger partial charge in [-0.3, -0.25) is 9.69 Å². The molecule has 4 heteroatoms. The van der Waals surface area contributed by atoms with E-state index >= 15 is 0 Å². The summed E-state index contributed by atoms with van der Waals surface area (Å²) in [5.74, 6) is 0.386. The summed E-state index contributed by atoms with van der Waals surface area (Å²) in [6, 6.07) is -0.521. The van der Waals surface area contributed by atoms with E-state index in [0.717, 1.165) is 25.9 Å². The van der Waals surface area contributed by atoms with Crippen molar-refractivity contribution in [3.8, 4) is 0 Å². The molecule has 0 heterocycles. The molecule has 0 bridgehead atoms. The Morgan fingerprint density at radius 2 is 1.56 bits per heavy atom. The zero-order chi connectivity index (χ0) is 14.1. The third-order valence-electron chi connectivity index (χ3n) is 3.04. The Kier molecular flexibility index (Phi) is 9.02. The second kappa shape index (κ2) is 9.34. The number of methoxy groups -OCH3 is 1. The van der Waals surface area contributed by atoms with Crippen LogP contribution in [0.4, 0.5) is 0 Å². The quantitative estimate of drug-likeness (QED) is 0.655. The monoisotopic (exact) mass is 259 g/mol. The van der Waals surface area contributed by atoms with Crippen molar-refractivity contribution < 1.29 is 14.6 Å². The fraction of sp³-hybridized carbons (Fsp3) is 0.929. The summed E-state index contributed by atoms with van der Waals surface area (Å²) in [7, 11) is 1.55. The first kappa shape index (κ1) is 17.4. The summed E-state index contributed by atoms with van der Waals surface area (Å²) in [5, 5.41) is 9.28. The Morgan fingerprint density at radius 1 is 1.11 bits per heavy atom. The first-order valence-electron chi connectivity index (χ1n) is 6.84. The maximum absolute atomic E-state index is 11.3. The lowest BCUT2D eigenvalue weighted by Crippen LogP contribution is -2.45. The molecule has 0 aromatic rings. The standard InChI is InChI=1S/C14H29NO3/c1-11(2)6-8-15(9-7-12(3)4)13(10-18-5)14(16)17/h11-13H,6-10H2,1-5H3,(H,16,17). The molecule has 0 radical (unpaired) electrons. The minimum atomic E-state index is -0.788. The van der Waals surface area contributed by atoms with Crippen molar-refractivity contribution >= 4 is 5.97 Å².